The Bertz CT molecular complexity index is 1560. The molecule has 7 rings (SSSR count). The molecule has 3 fully saturated rings. The van der Waals surface area contributed by atoms with Crippen molar-refractivity contribution >= 4 is 34.4 Å². The topological polar surface area (TPSA) is 95.2 Å². The summed E-state index contributed by atoms with van der Waals surface area (Å²) in [5.74, 6) is -0.255. The number of piperazine rings is 1. The van der Waals surface area contributed by atoms with E-state index in [1.807, 2.05) is 39.1 Å². The number of aromatic amines is 1. The third kappa shape index (κ3) is 7.18. The zero-order valence-electron chi connectivity index (χ0n) is 27.7. The molecule has 10 nitrogen and oxygen atoms in total. The third-order valence-corrected chi connectivity index (χ3v) is 11.1. The van der Waals surface area contributed by atoms with Crippen molar-refractivity contribution in [2.45, 2.75) is 57.0 Å². The fraction of sp³-hybridized carbons (Fsp3) is 0.541. The molecule has 0 radical (unpaired) electrons. The lowest BCUT2D eigenvalue weighted by Gasteiger charge is -2.43. The lowest BCUT2D eigenvalue weighted by Crippen LogP contribution is -2.55. The van der Waals surface area contributed by atoms with E-state index in [0.29, 0.717) is 32.1 Å². The van der Waals surface area contributed by atoms with Crippen LogP contribution in [-0.4, -0.2) is 125 Å². The van der Waals surface area contributed by atoms with Crippen LogP contribution in [0.25, 0.3) is 10.9 Å². The number of carbonyl (C=O) groups is 3. The largest absolute Gasteiger partial charge is 0.361 e. The van der Waals surface area contributed by atoms with E-state index in [9.17, 15) is 14.4 Å². The second-order valence-corrected chi connectivity index (χ2v) is 14.0. The van der Waals surface area contributed by atoms with Crippen LogP contribution in [0.15, 0.2) is 54.7 Å². The number of H-pyrrole nitrogens is 1. The number of likely N-dealkylation sites (tertiary alicyclic amines) is 2. The average Bonchev–Trinajstić information content (AvgIpc) is 3.50. The van der Waals surface area contributed by atoms with Gasteiger partial charge in [0.2, 0.25) is 11.8 Å². The summed E-state index contributed by atoms with van der Waals surface area (Å²) in [6.07, 6.45) is 7.39. The van der Waals surface area contributed by atoms with Gasteiger partial charge in [0.25, 0.3) is 0 Å². The fourth-order valence-corrected chi connectivity index (χ4v) is 8.19. The molecule has 3 saturated heterocycles. The molecule has 0 spiro atoms. The van der Waals surface area contributed by atoms with Crippen LogP contribution in [0.4, 0.5) is 10.5 Å². The summed E-state index contributed by atoms with van der Waals surface area (Å²) in [5, 5.41) is 4.21. The zero-order valence-corrected chi connectivity index (χ0v) is 27.7. The number of anilines is 1. The first kappa shape index (κ1) is 31.7. The predicted octanol–water partition coefficient (Wildman–Crippen LogP) is 4.04. The van der Waals surface area contributed by atoms with Crippen molar-refractivity contribution in [1.82, 2.24) is 29.5 Å². The number of amides is 4. The Labute approximate surface area is 278 Å². The molecule has 2 N–H and O–H groups in total. The van der Waals surface area contributed by atoms with Gasteiger partial charge < -0.3 is 29.9 Å². The summed E-state index contributed by atoms with van der Waals surface area (Å²) < 4.78 is 0. The van der Waals surface area contributed by atoms with Gasteiger partial charge in [0, 0.05) is 81.7 Å². The van der Waals surface area contributed by atoms with Gasteiger partial charge in [-0.1, -0.05) is 24.3 Å². The van der Waals surface area contributed by atoms with E-state index in [-0.39, 0.29) is 30.3 Å². The molecule has 1 atom stereocenters. The molecular weight excluding hydrogens is 590 g/mol. The van der Waals surface area contributed by atoms with Gasteiger partial charge in [0.15, 0.2) is 0 Å². The first-order chi connectivity index (χ1) is 22.9. The number of hydrogen-bond acceptors (Lipinski definition) is 5. The maximum atomic E-state index is 14.2. The van der Waals surface area contributed by atoms with Gasteiger partial charge in [0.05, 0.1) is 5.92 Å². The highest BCUT2D eigenvalue weighted by atomic mass is 16.2. The lowest BCUT2D eigenvalue weighted by atomic mass is 9.92. The Morgan fingerprint density at radius 3 is 2.36 bits per heavy atom. The molecule has 2 aromatic carbocycles. The van der Waals surface area contributed by atoms with Crippen molar-refractivity contribution in [3.8, 4) is 0 Å². The highest BCUT2D eigenvalue weighted by molar-refractivity contribution is 5.91. The molecule has 1 aromatic heterocycles. The SMILES string of the molecule is CN1CCC(N2CCN(C(=O)C(CC(=O)N3CCC(N4CCc5ccccc5NC4=O)CC3)Cc3ccc4[nH]ccc4c3)CC2)CC1. The van der Waals surface area contributed by atoms with Crippen LogP contribution in [0.2, 0.25) is 0 Å². The highest BCUT2D eigenvalue weighted by Crippen LogP contribution is 2.27. The van der Waals surface area contributed by atoms with E-state index in [1.165, 1.54) is 12.8 Å². The van der Waals surface area contributed by atoms with E-state index < -0.39 is 5.92 Å². The maximum Gasteiger partial charge on any atom is 0.322 e. The van der Waals surface area contributed by atoms with Crippen LogP contribution >= 0.6 is 0 Å². The van der Waals surface area contributed by atoms with Gasteiger partial charge in [0.1, 0.15) is 0 Å². The number of aromatic nitrogens is 1. The minimum atomic E-state index is -0.401. The monoisotopic (exact) mass is 639 g/mol. The normalized spacial score (nSPS) is 21.4. The first-order valence-electron chi connectivity index (χ1n) is 17.6. The summed E-state index contributed by atoms with van der Waals surface area (Å²) in [5.41, 5.74) is 4.20. The van der Waals surface area contributed by atoms with Crippen molar-refractivity contribution in [3.63, 3.8) is 0 Å². The minimum absolute atomic E-state index is 0.0437. The minimum Gasteiger partial charge on any atom is -0.361 e. The second kappa shape index (κ2) is 14.1. The van der Waals surface area contributed by atoms with Crippen molar-refractivity contribution in [1.29, 1.82) is 0 Å². The summed E-state index contributed by atoms with van der Waals surface area (Å²) >= 11 is 0. The lowest BCUT2D eigenvalue weighted by molar-refractivity contribution is -0.143. The number of piperidine rings is 2. The average molecular weight is 640 g/mol. The Hall–Kier alpha value is -3.89. The quantitative estimate of drug-likeness (QED) is 0.407. The molecule has 1 unspecified atom stereocenters. The van der Waals surface area contributed by atoms with Crippen LogP contribution in [0.5, 0.6) is 0 Å². The standard InChI is InChI=1S/C37H49N7O3/c1-40-15-10-31(11-16-40)41-20-22-43(23-21-41)36(46)30(25-27-6-7-33-29(24-27)8-14-38-33)26-35(45)42-17-12-32(13-18-42)44-19-9-28-4-2-3-5-34(28)39-37(44)47/h2-8,14,24,30-32,38H,9-13,15-23,25-26H2,1H3,(H,39,47). The van der Waals surface area contributed by atoms with E-state index >= 15 is 0 Å². The number of benzene rings is 2. The van der Waals surface area contributed by atoms with E-state index in [0.717, 1.165) is 86.2 Å². The second-order valence-electron chi connectivity index (χ2n) is 14.0. The number of para-hydroxylation sites is 1. The third-order valence-electron chi connectivity index (χ3n) is 11.1. The Kier molecular flexibility index (Phi) is 9.49. The molecule has 0 aliphatic carbocycles. The highest BCUT2D eigenvalue weighted by Gasteiger charge is 2.35. The number of nitrogens with zero attached hydrogens (tertiary/aromatic N) is 5. The van der Waals surface area contributed by atoms with E-state index in [1.54, 1.807) is 0 Å². The molecule has 10 heteroatoms. The summed E-state index contributed by atoms with van der Waals surface area (Å²) in [6.45, 7) is 7.40. The number of nitrogens with one attached hydrogen (secondary N) is 2. The molecule has 250 valence electrons. The van der Waals surface area contributed by atoms with Gasteiger partial charge in [-0.3, -0.25) is 14.5 Å². The Morgan fingerprint density at radius 2 is 1.57 bits per heavy atom. The van der Waals surface area contributed by atoms with Crippen molar-refractivity contribution < 1.29 is 14.4 Å². The first-order valence-corrected chi connectivity index (χ1v) is 17.6. The molecule has 47 heavy (non-hydrogen) atoms. The van der Waals surface area contributed by atoms with E-state index in [4.69, 9.17) is 0 Å². The van der Waals surface area contributed by atoms with Gasteiger partial charge in [-0.25, -0.2) is 4.79 Å². The van der Waals surface area contributed by atoms with Crippen LogP contribution in [0, 0.1) is 5.92 Å². The van der Waals surface area contributed by atoms with Gasteiger partial charge in [-0.05, 0) is 99.4 Å². The smallest absolute Gasteiger partial charge is 0.322 e. The van der Waals surface area contributed by atoms with Crippen LogP contribution < -0.4 is 5.32 Å². The number of carbonyl (C=O) groups excluding carboxylic acids is 3. The van der Waals surface area contributed by atoms with Crippen molar-refractivity contribution in [3.05, 3.63) is 65.9 Å². The number of rotatable bonds is 7. The van der Waals surface area contributed by atoms with Crippen LogP contribution in [-0.2, 0) is 22.4 Å². The van der Waals surface area contributed by atoms with Gasteiger partial charge in [-0.2, -0.15) is 0 Å². The summed E-state index contributed by atoms with van der Waals surface area (Å²) in [4.78, 5) is 55.2. The van der Waals surface area contributed by atoms with Gasteiger partial charge in [-0.15, -0.1) is 0 Å². The van der Waals surface area contributed by atoms with Crippen molar-refractivity contribution in [2.75, 3.05) is 71.3 Å². The summed E-state index contributed by atoms with van der Waals surface area (Å²) in [7, 11) is 2.19. The Balaban J connectivity index is 0.981. The molecule has 0 saturated carbocycles. The summed E-state index contributed by atoms with van der Waals surface area (Å²) in [6, 6.07) is 17.0. The molecular formula is C37H49N7O3. The molecule has 4 amide bonds. The van der Waals surface area contributed by atoms with Crippen LogP contribution in [0.3, 0.4) is 0 Å². The fourth-order valence-electron chi connectivity index (χ4n) is 8.19. The number of fused-ring (bicyclic) bond motifs is 2. The maximum absolute atomic E-state index is 14.2. The number of hydrogen-bond donors (Lipinski definition) is 2. The van der Waals surface area contributed by atoms with Crippen molar-refractivity contribution in [2.24, 2.45) is 5.92 Å². The zero-order chi connectivity index (χ0) is 32.3. The molecule has 4 aliphatic rings. The Morgan fingerprint density at radius 1 is 0.830 bits per heavy atom. The molecule has 0 bridgehead atoms. The molecule has 5 heterocycles. The van der Waals surface area contributed by atoms with Crippen LogP contribution in [0.1, 0.15) is 43.2 Å². The number of urea groups is 1. The molecule has 4 aliphatic heterocycles. The van der Waals surface area contributed by atoms with E-state index in [2.05, 4.69) is 57.5 Å². The molecule has 3 aromatic rings. The van der Waals surface area contributed by atoms with Gasteiger partial charge >= 0.3 is 6.03 Å². The predicted molar refractivity (Wildman–Crippen MR) is 184 cm³/mol.